The molecule has 0 saturated heterocycles. The molecule has 1 aliphatic rings. The Morgan fingerprint density at radius 3 is 2.50 bits per heavy atom. The van der Waals surface area contributed by atoms with Gasteiger partial charge < -0.3 is 11.1 Å². The topological polar surface area (TPSA) is 38.0 Å². The molecule has 1 aromatic rings. The lowest BCUT2D eigenvalue weighted by Gasteiger charge is -2.10. The van der Waals surface area contributed by atoms with E-state index in [9.17, 15) is 0 Å². The zero-order valence-electron chi connectivity index (χ0n) is 7.77. The second-order valence-corrected chi connectivity index (χ2v) is 3.06. The van der Waals surface area contributed by atoms with Gasteiger partial charge in [-0.15, -0.1) is 0 Å². The molecular weight excluding hydrogens is 172 g/mol. The average Bonchev–Trinajstić information content (AvgIpc) is 2.30. The van der Waals surface area contributed by atoms with Crippen LogP contribution in [0, 0.1) is 0 Å². The van der Waals surface area contributed by atoms with Crippen LogP contribution < -0.4 is 11.1 Å². The van der Waals surface area contributed by atoms with E-state index >= 15 is 0 Å². The monoisotopic (exact) mass is 184 g/mol. The molecule has 1 heterocycles. The van der Waals surface area contributed by atoms with Crippen LogP contribution in [-0.2, 0) is 0 Å². The third-order valence-corrected chi connectivity index (χ3v) is 2.08. The summed E-state index contributed by atoms with van der Waals surface area (Å²) in [6.07, 6.45) is 7.72. The molecule has 2 rings (SSSR count). The highest BCUT2D eigenvalue weighted by molar-refractivity contribution is 5.68. The van der Waals surface area contributed by atoms with Crippen molar-refractivity contribution in [2.75, 3.05) is 0 Å². The lowest BCUT2D eigenvalue weighted by Crippen LogP contribution is -2.12. The van der Waals surface area contributed by atoms with Gasteiger partial charge in [-0.25, -0.2) is 0 Å². The van der Waals surface area contributed by atoms with Gasteiger partial charge in [0, 0.05) is 6.20 Å². The van der Waals surface area contributed by atoms with Crippen LogP contribution >= 0.6 is 0 Å². The van der Waals surface area contributed by atoms with Gasteiger partial charge in [0.2, 0.25) is 0 Å². The van der Waals surface area contributed by atoms with Crippen molar-refractivity contribution in [3.05, 3.63) is 66.0 Å². The maximum absolute atomic E-state index is 6.00. The smallest absolute Gasteiger partial charge is 0.0626 e. The van der Waals surface area contributed by atoms with Crippen LogP contribution in [-0.4, -0.2) is 0 Å². The van der Waals surface area contributed by atoms with Crippen molar-refractivity contribution >= 4 is 5.70 Å². The lowest BCUT2D eigenvalue weighted by molar-refractivity contribution is 1.09. The maximum atomic E-state index is 6.00. The van der Waals surface area contributed by atoms with E-state index in [0.29, 0.717) is 0 Å². The number of nitrogens with one attached hydrogen (secondary N) is 1. The zero-order valence-corrected chi connectivity index (χ0v) is 7.77. The van der Waals surface area contributed by atoms with Crippen LogP contribution in [0.3, 0.4) is 0 Å². The Morgan fingerprint density at radius 1 is 1.07 bits per heavy atom. The van der Waals surface area contributed by atoms with Gasteiger partial charge in [0.25, 0.3) is 0 Å². The molecule has 0 amide bonds. The van der Waals surface area contributed by atoms with Crippen LogP contribution in [0.1, 0.15) is 5.56 Å². The Hall–Kier alpha value is -1.96. The highest BCUT2D eigenvalue weighted by Gasteiger charge is 2.02. The van der Waals surface area contributed by atoms with E-state index < -0.39 is 0 Å². The maximum Gasteiger partial charge on any atom is 0.0626 e. The predicted octanol–water partition coefficient (Wildman–Crippen LogP) is 1.99. The molecule has 0 bridgehead atoms. The first-order chi connectivity index (χ1) is 6.88. The van der Waals surface area contributed by atoms with Gasteiger partial charge in [0.05, 0.1) is 11.4 Å². The number of dihydropyridines is 1. The molecule has 1 aromatic carbocycles. The highest BCUT2D eigenvalue weighted by atomic mass is 14.9. The number of hydrogen-bond donors (Lipinski definition) is 2. The average molecular weight is 184 g/mol. The number of nitrogens with two attached hydrogens (primary N) is 1. The van der Waals surface area contributed by atoms with Crippen molar-refractivity contribution in [2.45, 2.75) is 0 Å². The highest BCUT2D eigenvalue weighted by Crippen LogP contribution is 2.13. The van der Waals surface area contributed by atoms with Crippen LogP contribution in [0.4, 0.5) is 0 Å². The van der Waals surface area contributed by atoms with Crippen molar-refractivity contribution in [1.29, 1.82) is 0 Å². The minimum absolute atomic E-state index is 0.770. The Morgan fingerprint density at radius 2 is 1.86 bits per heavy atom. The second kappa shape index (κ2) is 3.83. The SMILES string of the molecule is N/C(=C1/C=CC=CN1)c1ccccc1. The lowest BCUT2D eigenvalue weighted by atomic mass is 10.1. The summed E-state index contributed by atoms with van der Waals surface area (Å²) in [6, 6.07) is 9.92. The Labute approximate surface area is 83.4 Å². The molecule has 14 heavy (non-hydrogen) atoms. The van der Waals surface area contributed by atoms with Gasteiger partial charge in [-0.3, -0.25) is 0 Å². The van der Waals surface area contributed by atoms with E-state index in [1.54, 1.807) is 0 Å². The third-order valence-electron chi connectivity index (χ3n) is 2.08. The number of rotatable bonds is 1. The van der Waals surface area contributed by atoms with Gasteiger partial charge in [-0.05, 0) is 17.7 Å². The molecule has 0 aromatic heterocycles. The van der Waals surface area contributed by atoms with Crippen molar-refractivity contribution < 1.29 is 0 Å². The predicted molar refractivity (Wildman–Crippen MR) is 59.0 cm³/mol. The van der Waals surface area contributed by atoms with Crippen LogP contribution in [0.25, 0.3) is 5.70 Å². The van der Waals surface area contributed by atoms with E-state index in [1.165, 1.54) is 0 Å². The van der Waals surface area contributed by atoms with Gasteiger partial charge >= 0.3 is 0 Å². The van der Waals surface area contributed by atoms with Crippen LogP contribution in [0.15, 0.2) is 60.5 Å². The van der Waals surface area contributed by atoms with E-state index in [-0.39, 0.29) is 0 Å². The molecule has 0 fully saturated rings. The largest absolute Gasteiger partial charge is 0.397 e. The molecule has 0 atom stereocenters. The Balaban J connectivity index is 2.36. The summed E-state index contributed by atoms with van der Waals surface area (Å²) >= 11 is 0. The first-order valence-electron chi connectivity index (χ1n) is 4.53. The van der Waals surface area contributed by atoms with Gasteiger partial charge in [0.1, 0.15) is 0 Å². The summed E-state index contributed by atoms with van der Waals surface area (Å²) in [5.41, 5.74) is 8.75. The zero-order chi connectivity index (χ0) is 9.80. The van der Waals surface area contributed by atoms with Crippen molar-refractivity contribution in [2.24, 2.45) is 5.73 Å². The van der Waals surface area contributed by atoms with Gasteiger partial charge in [-0.1, -0.05) is 36.4 Å². The molecule has 1 aliphatic heterocycles. The minimum Gasteiger partial charge on any atom is -0.397 e. The molecular formula is C12H12N2. The van der Waals surface area contributed by atoms with Gasteiger partial charge in [-0.2, -0.15) is 0 Å². The molecule has 0 radical (unpaired) electrons. The summed E-state index contributed by atoms with van der Waals surface area (Å²) < 4.78 is 0. The Kier molecular flexibility index (Phi) is 2.36. The van der Waals surface area contributed by atoms with E-state index in [2.05, 4.69) is 5.32 Å². The molecule has 2 heteroatoms. The fraction of sp³-hybridized carbons (Fsp3) is 0. The van der Waals surface area contributed by atoms with Crippen molar-refractivity contribution in [3.8, 4) is 0 Å². The third kappa shape index (κ3) is 1.69. The second-order valence-electron chi connectivity index (χ2n) is 3.06. The quantitative estimate of drug-likeness (QED) is 0.700. The summed E-state index contributed by atoms with van der Waals surface area (Å²) in [5, 5.41) is 3.10. The van der Waals surface area contributed by atoms with Crippen molar-refractivity contribution in [1.82, 2.24) is 5.32 Å². The standard InChI is InChI=1S/C12H12N2/c13-12(10-6-2-1-3-7-10)11-8-4-5-9-14-11/h1-9,14H,13H2/b12-11-. The molecule has 0 spiro atoms. The van der Waals surface area contributed by atoms with E-state index in [0.717, 1.165) is 17.0 Å². The number of hydrogen-bond acceptors (Lipinski definition) is 2. The molecule has 0 saturated carbocycles. The summed E-state index contributed by atoms with van der Waals surface area (Å²) in [4.78, 5) is 0. The molecule has 0 aliphatic carbocycles. The van der Waals surface area contributed by atoms with E-state index in [4.69, 9.17) is 5.73 Å². The number of allylic oxidation sites excluding steroid dienone is 3. The Bertz CT molecular complexity index is 400. The summed E-state index contributed by atoms with van der Waals surface area (Å²) in [5.74, 6) is 0. The molecule has 3 N–H and O–H groups in total. The summed E-state index contributed by atoms with van der Waals surface area (Å²) in [7, 11) is 0. The molecule has 70 valence electrons. The number of benzene rings is 1. The molecule has 2 nitrogen and oxygen atoms in total. The molecule has 0 unspecified atom stereocenters. The van der Waals surface area contributed by atoms with Crippen LogP contribution in [0.5, 0.6) is 0 Å². The summed E-state index contributed by atoms with van der Waals surface area (Å²) in [6.45, 7) is 0. The fourth-order valence-corrected chi connectivity index (χ4v) is 1.33. The fourth-order valence-electron chi connectivity index (χ4n) is 1.33. The first-order valence-corrected chi connectivity index (χ1v) is 4.53. The normalized spacial score (nSPS) is 17.7. The van der Waals surface area contributed by atoms with Crippen LogP contribution in [0.2, 0.25) is 0 Å². The first kappa shape index (κ1) is 8.63. The van der Waals surface area contributed by atoms with E-state index in [1.807, 2.05) is 54.8 Å². The minimum atomic E-state index is 0.770. The van der Waals surface area contributed by atoms with Gasteiger partial charge in [0.15, 0.2) is 0 Å². The van der Waals surface area contributed by atoms with Crippen molar-refractivity contribution in [3.63, 3.8) is 0 Å².